The molecule has 0 spiro atoms. The minimum Gasteiger partial charge on any atom is -0.390 e. The van der Waals surface area contributed by atoms with E-state index in [2.05, 4.69) is 13.8 Å². The molecular weight excluding hydrogens is 140 g/mol. The Kier molecular flexibility index (Phi) is 2.01. The maximum Gasteiger partial charge on any atom is 0.0861 e. The monoisotopic (exact) mass is 158 g/mol. The highest BCUT2D eigenvalue weighted by Crippen LogP contribution is 2.38. The maximum absolute atomic E-state index is 9.57. The van der Waals surface area contributed by atoms with Crippen LogP contribution in [0.1, 0.15) is 34.1 Å². The molecule has 1 rings (SSSR count). The number of rotatable bonds is 3. The smallest absolute Gasteiger partial charge is 0.0861 e. The van der Waals surface area contributed by atoms with Gasteiger partial charge in [-0.05, 0) is 25.7 Å². The van der Waals surface area contributed by atoms with Crippen molar-refractivity contribution in [2.24, 2.45) is 5.41 Å². The van der Waals surface area contributed by atoms with E-state index in [0.29, 0.717) is 6.10 Å². The summed E-state index contributed by atoms with van der Waals surface area (Å²) < 4.78 is 5.21. The van der Waals surface area contributed by atoms with Crippen molar-refractivity contribution in [1.82, 2.24) is 0 Å². The molecule has 0 aromatic carbocycles. The molecule has 1 atom stereocenters. The zero-order valence-corrected chi connectivity index (χ0v) is 7.85. The van der Waals surface area contributed by atoms with Gasteiger partial charge in [-0.15, -0.1) is 0 Å². The number of epoxide rings is 1. The number of aliphatic hydroxyl groups is 1. The van der Waals surface area contributed by atoms with Gasteiger partial charge in [0, 0.05) is 0 Å². The van der Waals surface area contributed by atoms with Crippen molar-refractivity contribution in [2.45, 2.75) is 45.8 Å². The first-order chi connectivity index (χ1) is 4.81. The Morgan fingerprint density at radius 3 is 2.09 bits per heavy atom. The summed E-state index contributed by atoms with van der Waals surface area (Å²) >= 11 is 0. The Balaban J connectivity index is 2.45. The van der Waals surface area contributed by atoms with Crippen LogP contribution in [-0.2, 0) is 4.74 Å². The van der Waals surface area contributed by atoms with Gasteiger partial charge >= 0.3 is 0 Å². The number of hydrogen-bond acceptors (Lipinski definition) is 2. The first-order valence-corrected chi connectivity index (χ1v) is 4.15. The highest BCUT2D eigenvalue weighted by Gasteiger charge is 2.42. The fourth-order valence-corrected chi connectivity index (χ4v) is 1.73. The largest absolute Gasteiger partial charge is 0.390 e. The van der Waals surface area contributed by atoms with Crippen LogP contribution in [0.25, 0.3) is 0 Å². The normalized spacial score (nSPS) is 25.4. The van der Waals surface area contributed by atoms with E-state index < -0.39 is 5.60 Å². The third-order valence-corrected chi connectivity index (χ3v) is 2.09. The van der Waals surface area contributed by atoms with Crippen molar-refractivity contribution in [2.75, 3.05) is 6.61 Å². The zero-order valence-electron chi connectivity index (χ0n) is 7.85. The minimum atomic E-state index is -0.574. The molecule has 1 heterocycles. The maximum atomic E-state index is 9.57. The molecule has 2 heteroatoms. The van der Waals surface area contributed by atoms with E-state index in [4.69, 9.17) is 4.74 Å². The van der Waals surface area contributed by atoms with E-state index in [1.807, 2.05) is 13.8 Å². The summed E-state index contributed by atoms with van der Waals surface area (Å²) in [6.07, 6.45) is 1.17. The Labute approximate surface area is 68.6 Å². The van der Waals surface area contributed by atoms with Gasteiger partial charge in [-0.3, -0.25) is 0 Å². The Bertz CT molecular complexity index is 140. The molecule has 0 aliphatic carbocycles. The molecule has 1 unspecified atom stereocenters. The average Bonchev–Trinajstić information content (AvgIpc) is 2.30. The van der Waals surface area contributed by atoms with Crippen LogP contribution >= 0.6 is 0 Å². The molecule has 2 nitrogen and oxygen atoms in total. The van der Waals surface area contributed by atoms with Gasteiger partial charge in [0.2, 0.25) is 0 Å². The average molecular weight is 158 g/mol. The fraction of sp³-hybridized carbons (Fsp3) is 1.00. The molecule has 0 amide bonds. The molecule has 1 N–H and O–H groups in total. The predicted molar refractivity (Wildman–Crippen MR) is 44.4 cm³/mol. The number of ether oxygens (including phenoxy) is 1. The van der Waals surface area contributed by atoms with E-state index in [9.17, 15) is 5.11 Å². The van der Waals surface area contributed by atoms with Gasteiger partial charge in [-0.25, -0.2) is 0 Å². The van der Waals surface area contributed by atoms with Crippen LogP contribution in [0, 0.1) is 5.41 Å². The van der Waals surface area contributed by atoms with Crippen LogP contribution in [0.3, 0.4) is 0 Å². The lowest BCUT2D eigenvalue weighted by Gasteiger charge is -2.29. The van der Waals surface area contributed by atoms with Crippen molar-refractivity contribution in [3.05, 3.63) is 0 Å². The summed E-state index contributed by atoms with van der Waals surface area (Å²) in [6, 6.07) is 0. The second-order valence-electron chi connectivity index (χ2n) is 4.80. The van der Waals surface area contributed by atoms with Crippen molar-refractivity contribution in [3.63, 3.8) is 0 Å². The van der Waals surface area contributed by atoms with E-state index in [-0.39, 0.29) is 5.41 Å². The predicted octanol–water partition coefficient (Wildman–Crippen LogP) is 1.57. The Morgan fingerprint density at radius 2 is 1.82 bits per heavy atom. The van der Waals surface area contributed by atoms with Gasteiger partial charge in [-0.2, -0.15) is 0 Å². The second-order valence-corrected chi connectivity index (χ2v) is 4.80. The van der Waals surface area contributed by atoms with Crippen molar-refractivity contribution < 1.29 is 9.84 Å². The van der Waals surface area contributed by atoms with E-state index in [1.165, 1.54) is 0 Å². The van der Waals surface area contributed by atoms with Crippen LogP contribution in [0.15, 0.2) is 0 Å². The molecule has 1 fully saturated rings. The van der Waals surface area contributed by atoms with Gasteiger partial charge in [0.25, 0.3) is 0 Å². The highest BCUT2D eigenvalue weighted by atomic mass is 16.6. The minimum absolute atomic E-state index is 0.123. The van der Waals surface area contributed by atoms with Gasteiger partial charge in [0.05, 0.1) is 18.3 Å². The number of hydrogen-bond donors (Lipinski definition) is 1. The van der Waals surface area contributed by atoms with Gasteiger partial charge in [0.1, 0.15) is 0 Å². The SMILES string of the molecule is CC(C)(O)CC(C)(C)C1CO1. The summed E-state index contributed by atoms with van der Waals surface area (Å²) in [6.45, 7) is 8.84. The molecule has 11 heavy (non-hydrogen) atoms. The zero-order chi connectivity index (χ0) is 8.70. The molecule has 0 radical (unpaired) electrons. The van der Waals surface area contributed by atoms with Crippen LogP contribution in [0.2, 0.25) is 0 Å². The molecule has 1 aliphatic rings. The lowest BCUT2D eigenvalue weighted by molar-refractivity contribution is 0.0228. The van der Waals surface area contributed by atoms with Gasteiger partial charge < -0.3 is 9.84 Å². The third kappa shape index (κ3) is 2.80. The van der Waals surface area contributed by atoms with E-state index >= 15 is 0 Å². The second kappa shape index (κ2) is 2.46. The first-order valence-electron chi connectivity index (χ1n) is 4.15. The summed E-state index contributed by atoms with van der Waals surface area (Å²) in [5.74, 6) is 0. The Morgan fingerprint density at radius 1 is 1.36 bits per heavy atom. The van der Waals surface area contributed by atoms with Crippen LogP contribution in [0.4, 0.5) is 0 Å². The molecular formula is C9H18O2. The van der Waals surface area contributed by atoms with E-state index in [0.717, 1.165) is 13.0 Å². The summed E-state index contributed by atoms with van der Waals surface area (Å²) in [4.78, 5) is 0. The molecule has 0 bridgehead atoms. The first kappa shape index (κ1) is 9.01. The van der Waals surface area contributed by atoms with Crippen molar-refractivity contribution in [3.8, 4) is 0 Å². The molecule has 66 valence electrons. The third-order valence-electron chi connectivity index (χ3n) is 2.09. The topological polar surface area (TPSA) is 32.8 Å². The summed E-state index contributed by atoms with van der Waals surface area (Å²) in [5, 5.41) is 9.57. The fourth-order valence-electron chi connectivity index (χ4n) is 1.73. The molecule has 0 aromatic heterocycles. The van der Waals surface area contributed by atoms with Gasteiger partial charge in [-0.1, -0.05) is 13.8 Å². The Hall–Kier alpha value is -0.0800. The molecule has 1 saturated heterocycles. The molecule has 0 saturated carbocycles. The van der Waals surface area contributed by atoms with Crippen LogP contribution in [0.5, 0.6) is 0 Å². The van der Waals surface area contributed by atoms with Gasteiger partial charge in [0.15, 0.2) is 0 Å². The standard InChI is InChI=1S/C9H18O2/c1-8(2,7-5-11-7)6-9(3,4)10/h7,10H,5-6H2,1-4H3. The summed E-state index contributed by atoms with van der Waals surface area (Å²) in [5.41, 5.74) is -0.451. The molecule has 1 aliphatic heterocycles. The lowest BCUT2D eigenvalue weighted by atomic mass is 9.79. The van der Waals surface area contributed by atoms with E-state index in [1.54, 1.807) is 0 Å². The van der Waals surface area contributed by atoms with Crippen LogP contribution in [-0.4, -0.2) is 23.4 Å². The van der Waals surface area contributed by atoms with Crippen molar-refractivity contribution >= 4 is 0 Å². The van der Waals surface area contributed by atoms with Crippen LogP contribution < -0.4 is 0 Å². The van der Waals surface area contributed by atoms with Crippen molar-refractivity contribution in [1.29, 1.82) is 0 Å². The summed E-state index contributed by atoms with van der Waals surface area (Å²) in [7, 11) is 0. The quantitative estimate of drug-likeness (QED) is 0.632. The highest BCUT2D eigenvalue weighted by molar-refractivity contribution is 4.90. The lowest BCUT2D eigenvalue weighted by Crippen LogP contribution is -2.31. The molecule has 0 aromatic rings.